The lowest BCUT2D eigenvalue weighted by atomic mass is 9.87. The lowest BCUT2D eigenvalue weighted by Gasteiger charge is -2.24. The molecule has 0 aromatic heterocycles. The third-order valence-corrected chi connectivity index (χ3v) is 7.46. The first kappa shape index (κ1) is 32.7. The van der Waals surface area contributed by atoms with Crippen LogP contribution in [0.1, 0.15) is 83.2 Å². The van der Waals surface area contributed by atoms with Crippen molar-refractivity contribution in [2.24, 2.45) is 11.8 Å². The molecule has 42 heavy (non-hydrogen) atoms. The summed E-state index contributed by atoms with van der Waals surface area (Å²) in [4.78, 5) is 22.7. The molecule has 0 saturated heterocycles. The summed E-state index contributed by atoms with van der Waals surface area (Å²) in [6, 6.07) is 13.2. The van der Waals surface area contributed by atoms with Crippen molar-refractivity contribution < 1.29 is 36.6 Å². The van der Waals surface area contributed by atoms with Crippen molar-refractivity contribution in [3.05, 3.63) is 70.8 Å². The van der Waals surface area contributed by atoms with Gasteiger partial charge in [0.25, 0.3) is 0 Å². The van der Waals surface area contributed by atoms with Crippen LogP contribution >= 0.6 is 0 Å². The van der Waals surface area contributed by atoms with Gasteiger partial charge in [0.15, 0.2) is 0 Å². The number of carbonyl (C=O) groups excluding carboxylic acids is 2. The Morgan fingerprint density at radius 3 is 1.36 bits per heavy atom. The van der Waals surface area contributed by atoms with Crippen molar-refractivity contribution in [2.45, 2.75) is 76.1 Å². The van der Waals surface area contributed by atoms with Crippen LogP contribution in [-0.2, 0) is 22.3 Å². The van der Waals surface area contributed by atoms with Gasteiger partial charge in [-0.1, -0.05) is 48.9 Å². The van der Waals surface area contributed by atoms with E-state index in [4.69, 9.17) is 0 Å². The van der Waals surface area contributed by atoms with Crippen molar-refractivity contribution in [3.63, 3.8) is 0 Å². The Labute approximate surface area is 245 Å². The van der Waals surface area contributed by atoms with E-state index in [0.29, 0.717) is 36.8 Å². The highest BCUT2D eigenvalue weighted by atomic mass is 19.3. The zero-order valence-electron chi connectivity index (χ0n) is 24.0. The summed E-state index contributed by atoms with van der Waals surface area (Å²) < 4.78 is 65.3. The van der Waals surface area contributed by atoms with E-state index in [2.05, 4.69) is 33.2 Å². The number of ether oxygens (including phenoxy) is 2. The minimum atomic E-state index is -2.94. The molecule has 0 radical (unpaired) electrons. The van der Waals surface area contributed by atoms with Crippen LogP contribution in [0.2, 0.25) is 0 Å². The molecule has 0 heterocycles. The SMILES string of the molecule is COC(=O)c1ccc(C[C@@H]2CCCCC#CC2(F)F)cc1.COC(=O)c1ccc(C[C@H]2CCCCC#CC2(F)F)cc1. The highest BCUT2D eigenvalue weighted by Crippen LogP contribution is 2.34. The van der Waals surface area contributed by atoms with Gasteiger partial charge in [-0.25, -0.2) is 9.59 Å². The van der Waals surface area contributed by atoms with Crippen LogP contribution in [0.4, 0.5) is 17.6 Å². The molecule has 2 atom stereocenters. The number of benzene rings is 2. The van der Waals surface area contributed by atoms with E-state index in [0.717, 1.165) is 36.8 Å². The fourth-order valence-corrected chi connectivity index (χ4v) is 4.95. The molecule has 2 aliphatic rings. The van der Waals surface area contributed by atoms with E-state index >= 15 is 0 Å². The second-order valence-electron chi connectivity index (χ2n) is 10.5. The van der Waals surface area contributed by atoms with Gasteiger partial charge in [-0.3, -0.25) is 0 Å². The quantitative estimate of drug-likeness (QED) is 0.199. The van der Waals surface area contributed by atoms with Gasteiger partial charge in [0, 0.05) is 24.7 Å². The molecule has 0 N–H and O–H groups in total. The maximum absolute atomic E-state index is 14.0. The molecule has 2 aromatic carbocycles. The molecule has 4 rings (SSSR count). The van der Waals surface area contributed by atoms with Crippen LogP contribution < -0.4 is 0 Å². The zero-order valence-corrected chi connectivity index (χ0v) is 24.0. The molecule has 0 amide bonds. The molecule has 8 heteroatoms. The fraction of sp³-hybridized carbons (Fsp3) is 0.471. The number of halogens is 4. The van der Waals surface area contributed by atoms with Crippen LogP contribution in [0.5, 0.6) is 0 Å². The van der Waals surface area contributed by atoms with E-state index in [1.807, 2.05) is 0 Å². The molecule has 0 saturated carbocycles. The maximum atomic E-state index is 14.0. The third-order valence-electron chi connectivity index (χ3n) is 7.46. The van der Waals surface area contributed by atoms with Crippen molar-refractivity contribution in [1.29, 1.82) is 0 Å². The zero-order chi connectivity index (χ0) is 30.6. The topological polar surface area (TPSA) is 52.6 Å². The van der Waals surface area contributed by atoms with Crippen LogP contribution in [0.15, 0.2) is 48.5 Å². The van der Waals surface area contributed by atoms with Crippen LogP contribution in [0.25, 0.3) is 0 Å². The van der Waals surface area contributed by atoms with Gasteiger partial charge in [0.1, 0.15) is 0 Å². The second kappa shape index (κ2) is 15.4. The number of esters is 2. The molecule has 224 valence electrons. The molecule has 0 bridgehead atoms. The summed E-state index contributed by atoms with van der Waals surface area (Å²) in [5, 5.41) is 0. The summed E-state index contributed by atoms with van der Waals surface area (Å²) in [7, 11) is 2.62. The Bertz CT molecular complexity index is 1210. The second-order valence-corrected chi connectivity index (χ2v) is 10.5. The summed E-state index contributed by atoms with van der Waals surface area (Å²) in [6.45, 7) is 0. The summed E-state index contributed by atoms with van der Waals surface area (Å²) in [5.74, 6) is 1.07. The Morgan fingerprint density at radius 1 is 0.667 bits per heavy atom. The molecule has 0 unspecified atom stereocenters. The van der Waals surface area contributed by atoms with E-state index < -0.39 is 35.6 Å². The number of hydrogen-bond acceptors (Lipinski definition) is 4. The molecule has 2 aliphatic carbocycles. The largest absolute Gasteiger partial charge is 0.465 e. The molecular formula is C34H36F4O4. The Kier molecular flexibility index (Phi) is 12.0. The number of hydrogen-bond donors (Lipinski definition) is 0. The van der Waals surface area contributed by atoms with Crippen molar-refractivity contribution in [3.8, 4) is 23.7 Å². The molecule has 0 aliphatic heterocycles. The van der Waals surface area contributed by atoms with Crippen molar-refractivity contribution >= 4 is 11.9 Å². The van der Waals surface area contributed by atoms with E-state index in [1.54, 1.807) is 48.5 Å². The lowest BCUT2D eigenvalue weighted by molar-refractivity contribution is -0.00486. The summed E-state index contributed by atoms with van der Waals surface area (Å²) >= 11 is 0. The average Bonchev–Trinajstić information content (AvgIpc) is 2.97. The average molecular weight is 585 g/mol. The van der Waals surface area contributed by atoms with Gasteiger partial charge in [0.05, 0.1) is 25.3 Å². The third kappa shape index (κ3) is 9.65. The Balaban J connectivity index is 0.000000230. The normalized spacial score (nSPS) is 20.6. The molecule has 0 fully saturated rings. The highest BCUT2D eigenvalue weighted by molar-refractivity contribution is 5.89. The number of methoxy groups -OCH3 is 2. The Hall–Kier alpha value is -3.78. The van der Waals surface area contributed by atoms with Crippen LogP contribution in [-0.4, -0.2) is 38.0 Å². The van der Waals surface area contributed by atoms with Crippen molar-refractivity contribution in [2.75, 3.05) is 14.2 Å². The Morgan fingerprint density at radius 2 is 1.02 bits per heavy atom. The highest BCUT2D eigenvalue weighted by Gasteiger charge is 2.38. The first-order valence-electron chi connectivity index (χ1n) is 14.2. The van der Waals surface area contributed by atoms with E-state index in [1.165, 1.54) is 14.2 Å². The van der Waals surface area contributed by atoms with E-state index in [-0.39, 0.29) is 12.8 Å². The first-order valence-corrected chi connectivity index (χ1v) is 14.2. The number of rotatable bonds is 6. The van der Waals surface area contributed by atoms with Gasteiger partial charge in [-0.2, -0.15) is 17.6 Å². The van der Waals surface area contributed by atoms with Gasteiger partial charge in [0.2, 0.25) is 0 Å². The van der Waals surface area contributed by atoms with Gasteiger partial charge >= 0.3 is 23.8 Å². The molecule has 2 aromatic rings. The standard InChI is InChI=1S/2C17H18F2O2/c2*1-21-16(20)14-9-7-13(8-10-14)12-15-6-4-2-3-5-11-17(15,18)19/h2*7-10,15H,2-4,6,12H2,1H3/t2*15-/m10/s1. The lowest BCUT2D eigenvalue weighted by Crippen LogP contribution is -2.29. The van der Waals surface area contributed by atoms with Crippen LogP contribution in [0, 0.1) is 35.5 Å². The predicted octanol–water partition coefficient (Wildman–Crippen LogP) is 7.69. The smallest absolute Gasteiger partial charge is 0.337 e. The fourth-order valence-electron chi connectivity index (χ4n) is 4.95. The van der Waals surface area contributed by atoms with Crippen LogP contribution in [0.3, 0.4) is 0 Å². The molecule has 4 nitrogen and oxygen atoms in total. The first-order chi connectivity index (χ1) is 20.1. The summed E-state index contributed by atoms with van der Waals surface area (Å²) in [5.41, 5.74) is 2.42. The predicted molar refractivity (Wildman–Crippen MR) is 152 cm³/mol. The van der Waals surface area contributed by atoms with Gasteiger partial charge in [-0.05, 0) is 85.8 Å². The van der Waals surface area contributed by atoms with Gasteiger partial charge in [-0.15, -0.1) is 0 Å². The molecule has 0 spiro atoms. The molecular weight excluding hydrogens is 548 g/mol. The monoisotopic (exact) mass is 584 g/mol. The van der Waals surface area contributed by atoms with Gasteiger partial charge < -0.3 is 9.47 Å². The minimum absolute atomic E-state index is 0.267. The number of alkyl halides is 4. The minimum Gasteiger partial charge on any atom is -0.465 e. The summed E-state index contributed by atoms with van der Waals surface area (Å²) in [6.07, 6.45) is 5.88. The van der Waals surface area contributed by atoms with Crippen molar-refractivity contribution in [1.82, 2.24) is 0 Å². The number of carbonyl (C=O) groups is 2. The van der Waals surface area contributed by atoms with E-state index in [9.17, 15) is 27.2 Å². The maximum Gasteiger partial charge on any atom is 0.337 e.